The van der Waals surface area contributed by atoms with E-state index in [1.807, 2.05) is 19.1 Å². The maximum Gasteiger partial charge on any atom is 0.147 e. The zero-order valence-corrected chi connectivity index (χ0v) is 11.6. The molecule has 21 heavy (non-hydrogen) atoms. The molecule has 0 radical (unpaired) electrons. The summed E-state index contributed by atoms with van der Waals surface area (Å²) in [6.45, 7) is 1.82. The van der Waals surface area contributed by atoms with Crippen LogP contribution in [0.5, 0.6) is 11.5 Å². The minimum absolute atomic E-state index is 0.168. The summed E-state index contributed by atoms with van der Waals surface area (Å²) in [5.41, 5.74) is 1.24. The SMILES string of the molecule is CC=C(N=Cc1ccccc1O)N=Cc1ccccc1O. The molecule has 106 valence electrons. The molecule has 0 saturated heterocycles. The molecule has 0 amide bonds. The molecule has 0 aliphatic rings. The fraction of sp³-hybridized carbons (Fsp3) is 0.0588. The molecular weight excluding hydrogens is 264 g/mol. The predicted octanol–water partition coefficient (Wildman–Crippen LogP) is 3.50. The smallest absolute Gasteiger partial charge is 0.147 e. The maximum atomic E-state index is 9.66. The molecule has 0 unspecified atom stereocenters. The van der Waals surface area contributed by atoms with Gasteiger partial charge in [-0.15, -0.1) is 0 Å². The summed E-state index contributed by atoms with van der Waals surface area (Å²) in [6, 6.07) is 13.9. The van der Waals surface area contributed by atoms with Crippen LogP contribution in [0.2, 0.25) is 0 Å². The van der Waals surface area contributed by atoms with Gasteiger partial charge in [0.15, 0.2) is 0 Å². The lowest BCUT2D eigenvalue weighted by Gasteiger charge is -1.98. The van der Waals surface area contributed by atoms with Crippen molar-refractivity contribution in [1.82, 2.24) is 0 Å². The maximum absolute atomic E-state index is 9.66. The second kappa shape index (κ2) is 7.05. The van der Waals surface area contributed by atoms with E-state index in [0.717, 1.165) is 0 Å². The molecule has 2 N–H and O–H groups in total. The number of phenolic OH excluding ortho intramolecular Hbond substituents is 2. The molecule has 0 spiro atoms. The molecule has 0 heterocycles. The Balaban J connectivity index is 2.15. The molecule has 0 aliphatic carbocycles. The Kier molecular flexibility index (Phi) is 4.88. The quantitative estimate of drug-likeness (QED) is 0.842. The van der Waals surface area contributed by atoms with Crippen molar-refractivity contribution in [3.63, 3.8) is 0 Å². The van der Waals surface area contributed by atoms with Crippen molar-refractivity contribution in [2.24, 2.45) is 9.98 Å². The Bertz CT molecular complexity index is 646. The van der Waals surface area contributed by atoms with Crippen LogP contribution in [0.4, 0.5) is 0 Å². The number of hydrogen-bond acceptors (Lipinski definition) is 4. The van der Waals surface area contributed by atoms with Gasteiger partial charge in [-0.2, -0.15) is 0 Å². The van der Waals surface area contributed by atoms with Crippen molar-refractivity contribution < 1.29 is 10.2 Å². The van der Waals surface area contributed by atoms with Crippen LogP contribution in [0.15, 0.2) is 70.4 Å². The van der Waals surface area contributed by atoms with Crippen LogP contribution in [0.1, 0.15) is 18.1 Å². The third kappa shape index (κ3) is 4.04. The number of allylic oxidation sites excluding steroid dienone is 1. The highest BCUT2D eigenvalue weighted by atomic mass is 16.3. The summed E-state index contributed by atoms with van der Waals surface area (Å²) in [5, 5.41) is 19.3. The molecule has 2 aromatic rings. The highest BCUT2D eigenvalue weighted by Crippen LogP contribution is 2.15. The second-order valence-electron chi connectivity index (χ2n) is 4.28. The van der Waals surface area contributed by atoms with E-state index in [1.165, 1.54) is 0 Å². The zero-order valence-electron chi connectivity index (χ0n) is 11.6. The number of nitrogens with zero attached hydrogens (tertiary/aromatic N) is 2. The monoisotopic (exact) mass is 280 g/mol. The van der Waals surface area contributed by atoms with Gasteiger partial charge in [0, 0.05) is 23.6 Å². The van der Waals surface area contributed by atoms with Crippen molar-refractivity contribution in [2.75, 3.05) is 0 Å². The van der Waals surface area contributed by atoms with E-state index in [1.54, 1.807) is 54.9 Å². The molecule has 0 saturated carbocycles. The number of hydrogen-bond donors (Lipinski definition) is 2. The molecule has 2 rings (SSSR count). The van der Waals surface area contributed by atoms with Gasteiger partial charge < -0.3 is 10.2 Å². The van der Waals surface area contributed by atoms with Crippen molar-refractivity contribution in [3.05, 3.63) is 71.6 Å². The minimum Gasteiger partial charge on any atom is -0.507 e. The first-order valence-corrected chi connectivity index (χ1v) is 6.51. The summed E-state index contributed by atoms with van der Waals surface area (Å²) in [5.74, 6) is 0.823. The van der Waals surface area contributed by atoms with Crippen LogP contribution in [-0.4, -0.2) is 22.6 Å². The lowest BCUT2D eigenvalue weighted by molar-refractivity contribution is 0.474. The molecule has 2 aromatic carbocycles. The average molecular weight is 280 g/mol. The summed E-state index contributed by atoms with van der Waals surface area (Å²) >= 11 is 0. The van der Waals surface area contributed by atoms with E-state index in [4.69, 9.17) is 0 Å². The molecule has 0 atom stereocenters. The van der Waals surface area contributed by atoms with E-state index >= 15 is 0 Å². The van der Waals surface area contributed by atoms with Gasteiger partial charge in [0.1, 0.15) is 17.3 Å². The van der Waals surface area contributed by atoms with Gasteiger partial charge in [-0.3, -0.25) is 0 Å². The fourth-order valence-corrected chi connectivity index (χ4v) is 1.65. The molecule has 0 bridgehead atoms. The topological polar surface area (TPSA) is 65.2 Å². The number of aliphatic imine (C=N–C) groups is 2. The summed E-state index contributed by atoms with van der Waals surface area (Å²) in [6.07, 6.45) is 4.84. The van der Waals surface area contributed by atoms with Crippen molar-refractivity contribution in [3.8, 4) is 11.5 Å². The predicted molar refractivity (Wildman–Crippen MR) is 85.2 cm³/mol. The Morgan fingerprint density at radius 2 is 1.24 bits per heavy atom. The average Bonchev–Trinajstić information content (AvgIpc) is 2.50. The third-order valence-electron chi connectivity index (χ3n) is 2.80. The summed E-state index contributed by atoms with van der Waals surface area (Å²) in [7, 11) is 0. The minimum atomic E-state index is 0.168. The Morgan fingerprint density at radius 3 is 1.62 bits per heavy atom. The highest BCUT2D eigenvalue weighted by Gasteiger charge is 1.97. The third-order valence-corrected chi connectivity index (χ3v) is 2.80. The molecule has 4 nitrogen and oxygen atoms in total. The van der Waals surface area contributed by atoms with Crippen molar-refractivity contribution >= 4 is 12.4 Å². The number of benzene rings is 2. The highest BCUT2D eigenvalue weighted by molar-refractivity contribution is 5.86. The molecule has 0 aliphatic heterocycles. The van der Waals surface area contributed by atoms with Gasteiger partial charge in [-0.05, 0) is 37.3 Å². The summed E-state index contributed by atoms with van der Waals surface area (Å²) in [4.78, 5) is 8.43. The van der Waals surface area contributed by atoms with Crippen LogP contribution in [-0.2, 0) is 0 Å². The zero-order chi connectivity index (χ0) is 15.1. The normalized spacial score (nSPS) is 11.1. The van der Waals surface area contributed by atoms with Crippen molar-refractivity contribution in [2.45, 2.75) is 6.92 Å². The first kappa shape index (κ1) is 14.5. The van der Waals surface area contributed by atoms with Crippen LogP contribution in [0, 0.1) is 0 Å². The first-order valence-electron chi connectivity index (χ1n) is 6.51. The number of para-hydroxylation sites is 2. The van der Waals surface area contributed by atoms with Crippen LogP contribution in [0.3, 0.4) is 0 Å². The number of aromatic hydroxyl groups is 2. The fourth-order valence-electron chi connectivity index (χ4n) is 1.65. The van der Waals surface area contributed by atoms with Gasteiger partial charge >= 0.3 is 0 Å². The Labute approximate surface area is 123 Å². The van der Waals surface area contributed by atoms with E-state index < -0.39 is 0 Å². The largest absolute Gasteiger partial charge is 0.507 e. The molecule has 0 fully saturated rings. The van der Waals surface area contributed by atoms with E-state index in [0.29, 0.717) is 16.9 Å². The van der Waals surface area contributed by atoms with E-state index in [2.05, 4.69) is 9.98 Å². The summed E-state index contributed by atoms with van der Waals surface area (Å²) < 4.78 is 0. The number of rotatable bonds is 4. The first-order chi connectivity index (χ1) is 10.2. The van der Waals surface area contributed by atoms with Gasteiger partial charge in [0.25, 0.3) is 0 Å². The lowest BCUT2D eigenvalue weighted by atomic mass is 10.2. The van der Waals surface area contributed by atoms with Crippen molar-refractivity contribution in [1.29, 1.82) is 0 Å². The van der Waals surface area contributed by atoms with Gasteiger partial charge in [-0.1, -0.05) is 24.3 Å². The van der Waals surface area contributed by atoms with Gasteiger partial charge in [0.05, 0.1) is 0 Å². The van der Waals surface area contributed by atoms with Gasteiger partial charge in [0.2, 0.25) is 0 Å². The van der Waals surface area contributed by atoms with Crippen LogP contribution >= 0.6 is 0 Å². The molecule has 4 heteroatoms. The van der Waals surface area contributed by atoms with E-state index in [-0.39, 0.29) is 11.5 Å². The Morgan fingerprint density at radius 1 is 0.810 bits per heavy atom. The molecule has 0 aromatic heterocycles. The Hall–Kier alpha value is -2.88. The lowest BCUT2D eigenvalue weighted by Crippen LogP contribution is -1.85. The standard InChI is InChI=1S/C17H16N2O2/c1-2-17(18-11-13-7-3-5-9-15(13)20)19-12-14-8-4-6-10-16(14)21/h2-12,20-21H,1H3. The van der Waals surface area contributed by atoms with E-state index in [9.17, 15) is 10.2 Å². The molecular formula is C17H16N2O2. The van der Waals surface area contributed by atoms with Crippen LogP contribution in [0.25, 0.3) is 0 Å². The van der Waals surface area contributed by atoms with Gasteiger partial charge in [-0.25, -0.2) is 9.98 Å². The van der Waals surface area contributed by atoms with Crippen LogP contribution < -0.4 is 0 Å². The second-order valence-corrected chi connectivity index (χ2v) is 4.28. The number of phenols is 2.